The zero-order valence-electron chi connectivity index (χ0n) is 7.80. The summed E-state index contributed by atoms with van der Waals surface area (Å²) < 4.78 is 0.927. The predicted molar refractivity (Wildman–Crippen MR) is 51.4 cm³/mol. The normalized spacial score (nSPS) is 9.75. The average Bonchev–Trinajstić information content (AvgIpc) is 1.88. The molecule has 0 bridgehead atoms. The van der Waals surface area contributed by atoms with Crippen LogP contribution in [-0.2, 0) is 0 Å². The van der Waals surface area contributed by atoms with Crippen molar-refractivity contribution in [2.24, 2.45) is 0 Å². The van der Waals surface area contributed by atoms with Gasteiger partial charge in [-0.15, -0.1) is 0 Å². The standard InChI is InChI=1S/C10H18N.FH/c1-5-8-11(4,9-6-2)10-7-3;/h5-7H,1-3,8-10H2,4H3;1H/q+1;/p-1. The molecule has 0 aromatic heterocycles. The largest absolute Gasteiger partial charge is 1.00 e. The number of hydrogen-bond donors (Lipinski definition) is 0. The quantitative estimate of drug-likeness (QED) is 0.355. The zero-order valence-corrected chi connectivity index (χ0v) is 7.80. The third-order valence-corrected chi connectivity index (χ3v) is 1.71. The fourth-order valence-electron chi connectivity index (χ4n) is 1.16. The Bertz CT molecular complexity index is 125. The molecule has 0 aliphatic carbocycles. The second-order valence-electron chi connectivity index (χ2n) is 3.03. The van der Waals surface area contributed by atoms with E-state index in [-0.39, 0.29) is 4.70 Å². The van der Waals surface area contributed by atoms with Crippen molar-refractivity contribution in [1.82, 2.24) is 0 Å². The summed E-state index contributed by atoms with van der Waals surface area (Å²) >= 11 is 0. The molecule has 0 unspecified atom stereocenters. The monoisotopic (exact) mass is 171 g/mol. The van der Waals surface area contributed by atoms with Crippen molar-refractivity contribution in [2.75, 3.05) is 26.7 Å². The number of quaternary nitrogens is 1. The maximum Gasteiger partial charge on any atom is 0.0973 e. The van der Waals surface area contributed by atoms with E-state index in [0.29, 0.717) is 0 Å². The van der Waals surface area contributed by atoms with Crippen molar-refractivity contribution in [2.45, 2.75) is 0 Å². The van der Waals surface area contributed by atoms with Gasteiger partial charge in [0.2, 0.25) is 0 Å². The van der Waals surface area contributed by atoms with Gasteiger partial charge in [-0.1, -0.05) is 19.7 Å². The maximum absolute atomic E-state index is 3.73. The third kappa shape index (κ3) is 4.85. The van der Waals surface area contributed by atoms with Crippen LogP contribution < -0.4 is 4.70 Å². The molecule has 12 heavy (non-hydrogen) atoms. The molecule has 0 aliphatic heterocycles. The van der Waals surface area contributed by atoms with E-state index in [9.17, 15) is 0 Å². The van der Waals surface area contributed by atoms with E-state index in [2.05, 4.69) is 26.8 Å². The molecule has 0 atom stereocenters. The molecule has 2 heteroatoms. The van der Waals surface area contributed by atoms with Crippen LogP contribution in [0.3, 0.4) is 0 Å². The summed E-state index contributed by atoms with van der Waals surface area (Å²) in [5.74, 6) is 0. The van der Waals surface area contributed by atoms with Crippen molar-refractivity contribution in [3.05, 3.63) is 38.0 Å². The second kappa shape index (κ2) is 6.80. The van der Waals surface area contributed by atoms with E-state index in [1.54, 1.807) is 0 Å². The molecule has 0 rings (SSSR count). The smallest absolute Gasteiger partial charge is 0.0973 e. The first-order chi connectivity index (χ1) is 5.18. The average molecular weight is 171 g/mol. The minimum Gasteiger partial charge on any atom is -1.00 e. The zero-order chi connectivity index (χ0) is 8.74. The summed E-state index contributed by atoms with van der Waals surface area (Å²) in [6, 6.07) is 0. The van der Waals surface area contributed by atoms with Crippen molar-refractivity contribution in [1.29, 1.82) is 0 Å². The Morgan fingerprint density at radius 3 is 1.33 bits per heavy atom. The third-order valence-electron chi connectivity index (χ3n) is 1.71. The van der Waals surface area contributed by atoms with Gasteiger partial charge in [0.25, 0.3) is 0 Å². The fourth-order valence-corrected chi connectivity index (χ4v) is 1.16. The second-order valence-corrected chi connectivity index (χ2v) is 3.03. The van der Waals surface area contributed by atoms with Crippen LogP contribution in [0.15, 0.2) is 38.0 Å². The number of likely N-dealkylation sites (N-methyl/N-ethyl adjacent to an activating group) is 1. The summed E-state index contributed by atoms with van der Waals surface area (Å²) in [5.41, 5.74) is 0. The van der Waals surface area contributed by atoms with Crippen molar-refractivity contribution in [3.63, 3.8) is 0 Å². The van der Waals surface area contributed by atoms with Crippen LogP contribution in [0.5, 0.6) is 0 Å². The minimum absolute atomic E-state index is 0. The highest BCUT2D eigenvalue weighted by Gasteiger charge is 2.14. The fraction of sp³-hybridized carbons (Fsp3) is 0.400. The molecule has 0 aromatic carbocycles. The first-order valence-electron chi connectivity index (χ1n) is 3.85. The Balaban J connectivity index is 0. The Kier molecular flexibility index (Phi) is 7.75. The Labute approximate surface area is 74.7 Å². The van der Waals surface area contributed by atoms with E-state index in [1.165, 1.54) is 0 Å². The molecule has 0 N–H and O–H groups in total. The van der Waals surface area contributed by atoms with Gasteiger partial charge in [0.15, 0.2) is 0 Å². The van der Waals surface area contributed by atoms with Gasteiger partial charge in [-0.25, -0.2) is 0 Å². The lowest BCUT2D eigenvalue weighted by molar-refractivity contribution is -0.892. The van der Waals surface area contributed by atoms with Gasteiger partial charge in [0.05, 0.1) is 26.7 Å². The van der Waals surface area contributed by atoms with Crippen LogP contribution >= 0.6 is 0 Å². The lowest BCUT2D eigenvalue weighted by Gasteiger charge is -2.30. The van der Waals surface area contributed by atoms with Crippen LogP contribution in [0.2, 0.25) is 0 Å². The van der Waals surface area contributed by atoms with E-state index in [4.69, 9.17) is 0 Å². The van der Waals surface area contributed by atoms with E-state index in [0.717, 1.165) is 24.1 Å². The van der Waals surface area contributed by atoms with E-state index >= 15 is 0 Å². The van der Waals surface area contributed by atoms with Crippen LogP contribution in [0, 0.1) is 0 Å². The van der Waals surface area contributed by atoms with Crippen LogP contribution in [-0.4, -0.2) is 31.2 Å². The van der Waals surface area contributed by atoms with Crippen molar-refractivity contribution < 1.29 is 9.19 Å². The number of halogens is 1. The van der Waals surface area contributed by atoms with Gasteiger partial charge < -0.3 is 9.19 Å². The first kappa shape index (κ1) is 13.7. The molecule has 0 radical (unpaired) electrons. The highest BCUT2D eigenvalue weighted by molar-refractivity contribution is 4.74. The van der Waals surface area contributed by atoms with Crippen molar-refractivity contribution in [3.8, 4) is 0 Å². The van der Waals surface area contributed by atoms with Gasteiger partial charge in [-0.05, 0) is 18.2 Å². The van der Waals surface area contributed by atoms with Crippen LogP contribution in [0.1, 0.15) is 0 Å². The number of rotatable bonds is 6. The van der Waals surface area contributed by atoms with Gasteiger partial charge >= 0.3 is 0 Å². The summed E-state index contributed by atoms with van der Waals surface area (Å²) in [6.45, 7) is 14.1. The lowest BCUT2D eigenvalue weighted by atomic mass is 10.3. The molecule has 0 heterocycles. The minimum atomic E-state index is 0. The Morgan fingerprint density at radius 1 is 0.917 bits per heavy atom. The van der Waals surface area contributed by atoms with Gasteiger partial charge in [-0.2, -0.15) is 0 Å². The summed E-state index contributed by atoms with van der Waals surface area (Å²) in [6.07, 6.45) is 5.81. The number of nitrogens with zero attached hydrogens (tertiary/aromatic N) is 1. The highest BCUT2D eigenvalue weighted by atomic mass is 19.0. The molecule has 0 amide bonds. The molecular formula is C10H18FN. The van der Waals surface area contributed by atoms with Gasteiger partial charge in [0, 0.05) is 0 Å². The number of hydrogen-bond acceptors (Lipinski definition) is 0. The van der Waals surface area contributed by atoms with Gasteiger partial charge in [-0.3, -0.25) is 0 Å². The van der Waals surface area contributed by atoms with E-state index < -0.39 is 0 Å². The molecule has 0 saturated heterocycles. The molecule has 0 saturated carbocycles. The Morgan fingerprint density at radius 2 is 1.17 bits per heavy atom. The molecule has 0 aromatic rings. The predicted octanol–water partition coefficient (Wildman–Crippen LogP) is -1.00. The summed E-state index contributed by atoms with van der Waals surface area (Å²) in [4.78, 5) is 0. The lowest BCUT2D eigenvalue weighted by Crippen LogP contribution is -3.00. The van der Waals surface area contributed by atoms with E-state index in [1.807, 2.05) is 18.2 Å². The topological polar surface area (TPSA) is 0 Å². The molecular weight excluding hydrogens is 153 g/mol. The summed E-state index contributed by atoms with van der Waals surface area (Å²) in [5, 5.41) is 0. The molecule has 0 spiro atoms. The van der Waals surface area contributed by atoms with Crippen molar-refractivity contribution >= 4 is 0 Å². The molecule has 1 nitrogen and oxygen atoms in total. The van der Waals surface area contributed by atoms with Crippen LogP contribution in [0.4, 0.5) is 0 Å². The molecule has 0 aliphatic rings. The molecule has 70 valence electrons. The van der Waals surface area contributed by atoms with Gasteiger partial charge in [0.1, 0.15) is 0 Å². The first-order valence-corrected chi connectivity index (χ1v) is 3.85. The Hall–Kier alpha value is -0.890. The summed E-state index contributed by atoms with van der Waals surface area (Å²) in [7, 11) is 2.17. The van der Waals surface area contributed by atoms with Crippen LogP contribution in [0.25, 0.3) is 0 Å². The SMILES string of the molecule is C=CC[N+](C)(CC=C)CC=C.[F-]. The molecule has 0 fully saturated rings. The highest BCUT2D eigenvalue weighted by Crippen LogP contribution is 2.01. The maximum atomic E-state index is 3.73.